The number of benzene rings is 2. The monoisotopic (exact) mass is 343 g/mol. The fraction of sp³-hybridized carbons (Fsp3) is 0.350. The first-order chi connectivity index (χ1) is 12.2. The summed E-state index contributed by atoms with van der Waals surface area (Å²) in [5, 5.41) is 2.88. The summed E-state index contributed by atoms with van der Waals surface area (Å²) in [5.41, 5.74) is 1.23. The Morgan fingerprint density at radius 1 is 0.960 bits per heavy atom. The molecule has 0 radical (unpaired) electrons. The van der Waals surface area contributed by atoms with Crippen LogP contribution in [0.5, 0.6) is 11.5 Å². The highest BCUT2D eigenvalue weighted by molar-refractivity contribution is 6.06. The molecule has 0 aromatic heterocycles. The molecule has 134 valence electrons. The van der Waals surface area contributed by atoms with Gasteiger partial charge in [-0.1, -0.05) is 25.5 Å². The zero-order valence-electron chi connectivity index (χ0n) is 14.8. The van der Waals surface area contributed by atoms with E-state index in [2.05, 4.69) is 12.2 Å². The Morgan fingerprint density at radius 3 is 2.44 bits per heavy atom. The van der Waals surface area contributed by atoms with Gasteiger partial charge in [0, 0.05) is 12.8 Å². The fourth-order valence-electron chi connectivity index (χ4n) is 2.18. The van der Waals surface area contributed by atoms with Gasteiger partial charge in [0.2, 0.25) is 0 Å². The minimum atomic E-state index is -0.194. The average molecular weight is 343 g/mol. The number of ether oxygens (including phenoxy) is 3. The second-order valence-electron chi connectivity index (χ2n) is 5.52. The maximum absolute atomic E-state index is 12.5. The summed E-state index contributed by atoms with van der Waals surface area (Å²) < 4.78 is 16.2. The summed E-state index contributed by atoms with van der Waals surface area (Å²) in [6.07, 6.45) is 2.01. The third-order valence-electron chi connectivity index (χ3n) is 3.56. The average Bonchev–Trinajstić information content (AvgIpc) is 2.64. The molecule has 1 amide bonds. The highest BCUT2D eigenvalue weighted by Crippen LogP contribution is 2.21. The number of carbonyl (C=O) groups excluding carboxylic acids is 1. The van der Waals surface area contributed by atoms with Crippen LogP contribution in [0.25, 0.3) is 0 Å². The molecular weight excluding hydrogens is 318 g/mol. The summed E-state index contributed by atoms with van der Waals surface area (Å²) >= 11 is 0. The van der Waals surface area contributed by atoms with Crippen molar-refractivity contribution in [3.8, 4) is 11.5 Å². The summed E-state index contributed by atoms with van der Waals surface area (Å²) in [5.74, 6) is 1.14. The number of amides is 1. The van der Waals surface area contributed by atoms with Crippen molar-refractivity contribution in [1.29, 1.82) is 0 Å². The molecule has 0 heterocycles. The minimum absolute atomic E-state index is 0.194. The van der Waals surface area contributed by atoms with Crippen LogP contribution >= 0.6 is 0 Å². The van der Waals surface area contributed by atoms with Crippen molar-refractivity contribution >= 4 is 11.6 Å². The largest absolute Gasteiger partial charge is 0.493 e. The van der Waals surface area contributed by atoms with Crippen LogP contribution in [0.4, 0.5) is 5.69 Å². The molecule has 5 heteroatoms. The van der Waals surface area contributed by atoms with Crippen LogP contribution in [-0.2, 0) is 4.74 Å². The zero-order chi connectivity index (χ0) is 17.9. The van der Waals surface area contributed by atoms with Gasteiger partial charge in [0.25, 0.3) is 5.91 Å². The highest BCUT2D eigenvalue weighted by Gasteiger charge is 2.12. The van der Waals surface area contributed by atoms with Gasteiger partial charge >= 0.3 is 0 Å². The van der Waals surface area contributed by atoms with E-state index in [1.807, 2.05) is 30.3 Å². The third kappa shape index (κ3) is 6.12. The van der Waals surface area contributed by atoms with Crippen molar-refractivity contribution in [2.24, 2.45) is 0 Å². The molecule has 0 atom stereocenters. The Morgan fingerprint density at radius 2 is 1.72 bits per heavy atom. The minimum Gasteiger partial charge on any atom is -0.493 e. The van der Waals surface area contributed by atoms with Crippen molar-refractivity contribution in [2.75, 3.05) is 32.2 Å². The van der Waals surface area contributed by atoms with Gasteiger partial charge in [0.15, 0.2) is 0 Å². The molecule has 0 fully saturated rings. The van der Waals surface area contributed by atoms with Gasteiger partial charge in [-0.25, -0.2) is 0 Å². The molecule has 2 rings (SSSR count). The molecule has 0 aliphatic heterocycles. The summed E-state index contributed by atoms with van der Waals surface area (Å²) in [4.78, 5) is 12.5. The first-order valence-corrected chi connectivity index (χ1v) is 8.49. The first kappa shape index (κ1) is 18.8. The van der Waals surface area contributed by atoms with Crippen molar-refractivity contribution in [1.82, 2.24) is 0 Å². The Balaban J connectivity index is 1.97. The summed E-state index contributed by atoms with van der Waals surface area (Å²) in [6.45, 7) is 3.73. The van der Waals surface area contributed by atoms with E-state index in [0.717, 1.165) is 18.6 Å². The number of rotatable bonds is 10. The van der Waals surface area contributed by atoms with Crippen LogP contribution in [0.2, 0.25) is 0 Å². The fourth-order valence-corrected chi connectivity index (χ4v) is 2.18. The Labute approximate surface area is 148 Å². The lowest BCUT2D eigenvalue weighted by atomic mass is 10.2. The zero-order valence-corrected chi connectivity index (χ0v) is 14.8. The number of anilines is 1. The number of nitrogens with one attached hydrogen (secondary N) is 1. The number of carbonyl (C=O) groups is 1. The molecule has 0 unspecified atom stereocenters. The summed E-state index contributed by atoms with van der Waals surface area (Å²) in [7, 11) is 1.63. The lowest BCUT2D eigenvalue weighted by Gasteiger charge is -2.12. The van der Waals surface area contributed by atoms with Crippen molar-refractivity contribution in [2.45, 2.75) is 19.8 Å². The van der Waals surface area contributed by atoms with Crippen LogP contribution in [0.1, 0.15) is 30.1 Å². The van der Waals surface area contributed by atoms with Crippen LogP contribution in [0, 0.1) is 0 Å². The van der Waals surface area contributed by atoms with Crippen LogP contribution in [0.3, 0.4) is 0 Å². The normalized spacial score (nSPS) is 10.3. The van der Waals surface area contributed by atoms with Gasteiger partial charge < -0.3 is 19.5 Å². The van der Waals surface area contributed by atoms with Crippen LogP contribution in [-0.4, -0.2) is 32.8 Å². The van der Waals surface area contributed by atoms with Crippen molar-refractivity contribution in [3.05, 3.63) is 54.1 Å². The van der Waals surface area contributed by atoms with Gasteiger partial charge in [0.1, 0.15) is 18.1 Å². The highest BCUT2D eigenvalue weighted by atomic mass is 16.5. The third-order valence-corrected chi connectivity index (χ3v) is 3.56. The topological polar surface area (TPSA) is 56.8 Å². The van der Waals surface area contributed by atoms with Gasteiger partial charge in [-0.15, -0.1) is 0 Å². The SMILES string of the molecule is CCCCOc1ccccc1C(=O)Nc1ccc(OCCOC)cc1. The van der Waals surface area contributed by atoms with E-state index in [0.29, 0.717) is 36.8 Å². The van der Waals surface area contributed by atoms with E-state index in [-0.39, 0.29) is 5.91 Å². The van der Waals surface area contributed by atoms with E-state index in [1.165, 1.54) is 0 Å². The number of methoxy groups -OCH3 is 1. The number of hydrogen-bond donors (Lipinski definition) is 1. The molecule has 2 aromatic carbocycles. The molecule has 0 bridgehead atoms. The Kier molecular flexibility index (Phi) is 7.79. The molecule has 0 saturated heterocycles. The second kappa shape index (κ2) is 10.4. The van der Waals surface area contributed by atoms with Crippen LogP contribution < -0.4 is 14.8 Å². The predicted molar refractivity (Wildman–Crippen MR) is 98.6 cm³/mol. The van der Waals surface area contributed by atoms with Gasteiger partial charge in [-0.05, 0) is 42.8 Å². The maximum Gasteiger partial charge on any atom is 0.259 e. The molecule has 0 saturated carbocycles. The number of hydrogen-bond acceptors (Lipinski definition) is 4. The van der Waals surface area contributed by atoms with Crippen molar-refractivity contribution < 1.29 is 19.0 Å². The molecule has 0 aliphatic rings. The number of unbranched alkanes of at least 4 members (excludes halogenated alkanes) is 1. The van der Waals surface area contributed by atoms with E-state index >= 15 is 0 Å². The van der Waals surface area contributed by atoms with Crippen LogP contribution in [0.15, 0.2) is 48.5 Å². The smallest absolute Gasteiger partial charge is 0.259 e. The standard InChI is InChI=1S/C20H25NO4/c1-3-4-13-25-19-8-6-5-7-18(19)20(22)21-16-9-11-17(12-10-16)24-15-14-23-2/h5-12H,3-4,13-15H2,1-2H3,(H,21,22). The molecule has 5 nitrogen and oxygen atoms in total. The van der Waals surface area contributed by atoms with Gasteiger partial charge in [-0.3, -0.25) is 4.79 Å². The predicted octanol–water partition coefficient (Wildman–Crippen LogP) is 4.14. The van der Waals surface area contributed by atoms with E-state index < -0.39 is 0 Å². The first-order valence-electron chi connectivity index (χ1n) is 8.49. The van der Waals surface area contributed by atoms with E-state index in [1.54, 1.807) is 25.3 Å². The number of para-hydroxylation sites is 1. The van der Waals surface area contributed by atoms with E-state index in [4.69, 9.17) is 14.2 Å². The van der Waals surface area contributed by atoms with Gasteiger partial charge in [0.05, 0.1) is 18.8 Å². The lowest BCUT2D eigenvalue weighted by molar-refractivity contribution is 0.102. The van der Waals surface area contributed by atoms with Gasteiger partial charge in [-0.2, -0.15) is 0 Å². The lowest BCUT2D eigenvalue weighted by Crippen LogP contribution is -2.14. The molecular formula is C20H25NO4. The molecule has 25 heavy (non-hydrogen) atoms. The summed E-state index contributed by atoms with van der Waals surface area (Å²) in [6, 6.07) is 14.5. The molecule has 0 spiro atoms. The van der Waals surface area contributed by atoms with Crippen molar-refractivity contribution in [3.63, 3.8) is 0 Å². The quantitative estimate of drug-likeness (QED) is 0.659. The molecule has 2 aromatic rings. The molecule has 0 aliphatic carbocycles. The van der Waals surface area contributed by atoms with E-state index in [9.17, 15) is 4.79 Å². The second-order valence-corrected chi connectivity index (χ2v) is 5.52. The Bertz CT molecular complexity index is 655. The maximum atomic E-state index is 12.5. The Hall–Kier alpha value is -2.53. The molecule has 1 N–H and O–H groups in total.